The maximum absolute atomic E-state index is 4.70. The van der Waals surface area contributed by atoms with Gasteiger partial charge in [0.15, 0.2) is 0 Å². The number of benzene rings is 1. The van der Waals surface area contributed by atoms with Gasteiger partial charge in [0.25, 0.3) is 5.78 Å². The Hall–Kier alpha value is -2.43. The summed E-state index contributed by atoms with van der Waals surface area (Å²) >= 11 is 0. The molecule has 0 saturated heterocycles. The summed E-state index contributed by atoms with van der Waals surface area (Å²) in [6.45, 7) is 2.26. The molecular weight excluding hydrogens is 298 g/mol. The molecule has 0 aliphatic heterocycles. The van der Waals surface area contributed by atoms with Crippen molar-refractivity contribution < 1.29 is 0 Å². The molecule has 0 spiro atoms. The monoisotopic (exact) mass is 319 g/mol. The van der Waals surface area contributed by atoms with Gasteiger partial charge in [-0.05, 0) is 37.5 Å². The van der Waals surface area contributed by atoms with Crippen LogP contribution in [0.5, 0.6) is 0 Å². The van der Waals surface area contributed by atoms with E-state index in [0.29, 0.717) is 5.78 Å². The van der Waals surface area contributed by atoms with E-state index >= 15 is 0 Å². The Morgan fingerprint density at radius 2 is 1.71 bits per heavy atom. The molecule has 0 atom stereocenters. The molecule has 2 fully saturated rings. The first-order chi connectivity index (χ1) is 11.9. The van der Waals surface area contributed by atoms with E-state index in [9.17, 15) is 0 Å². The Morgan fingerprint density at radius 1 is 1.00 bits per heavy atom. The van der Waals surface area contributed by atoms with Gasteiger partial charge in [0.1, 0.15) is 12.1 Å². The van der Waals surface area contributed by atoms with E-state index in [1.54, 1.807) is 6.33 Å². The third-order valence-electron chi connectivity index (χ3n) is 4.98. The van der Waals surface area contributed by atoms with Crippen LogP contribution in [-0.2, 0) is 0 Å². The lowest BCUT2D eigenvalue weighted by Crippen LogP contribution is -2.30. The van der Waals surface area contributed by atoms with Crippen LogP contribution in [0.15, 0.2) is 42.7 Å². The highest BCUT2D eigenvalue weighted by Gasteiger charge is 2.30. The minimum Gasteiger partial charge on any atom is -0.356 e. The maximum Gasteiger partial charge on any atom is 0.254 e. The molecular formula is C19H21N5. The minimum atomic E-state index is 0.683. The number of anilines is 1. The summed E-state index contributed by atoms with van der Waals surface area (Å²) in [4.78, 5) is 11.6. The second kappa shape index (κ2) is 5.58. The first-order valence-electron chi connectivity index (χ1n) is 8.88. The molecule has 2 heterocycles. The Balaban J connectivity index is 1.60. The number of fused-ring (bicyclic) bond motifs is 1. The van der Waals surface area contributed by atoms with Gasteiger partial charge in [0.05, 0.1) is 5.69 Å². The smallest absolute Gasteiger partial charge is 0.254 e. The molecule has 0 amide bonds. The molecule has 122 valence electrons. The largest absolute Gasteiger partial charge is 0.356 e. The molecule has 24 heavy (non-hydrogen) atoms. The van der Waals surface area contributed by atoms with Crippen LogP contribution in [0, 0.1) is 11.8 Å². The molecule has 0 unspecified atom stereocenters. The fourth-order valence-electron chi connectivity index (χ4n) is 3.26. The van der Waals surface area contributed by atoms with E-state index in [2.05, 4.69) is 45.3 Å². The van der Waals surface area contributed by atoms with Crippen LogP contribution in [-0.4, -0.2) is 32.7 Å². The third kappa shape index (κ3) is 2.75. The average molecular weight is 319 g/mol. The molecule has 0 bridgehead atoms. The van der Waals surface area contributed by atoms with Crippen molar-refractivity contribution in [2.24, 2.45) is 11.8 Å². The van der Waals surface area contributed by atoms with Crippen LogP contribution in [0.3, 0.4) is 0 Å². The predicted molar refractivity (Wildman–Crippen MR) is 93.9 cm³/mol. The van der Waals surface area contributed by atoms with Gasteiger partial charge in [-0.3, -0.25) is 0 Å². The van der Waals surface area contributed by atoms with Crippen molar-refractivity contribution in [1.82, 2.24) is 19.6 Å². The number of aromatic nitrogens is 4. The first kappa shape index (κ1) is 14.0. The summed E-state index contributed by atoms with van der Waals surface area (Å²) < 4.78 is 1.90. The summed E-state index contributed by atoms with van der Waals surface area (Å²) in [5.41, 5.74) is 2.10. The van der Waals surface area contributed by atoms with Crippen molar-refractivity contribution in [3.8, 4) is 11.3 Å². The molecule has 2 aromatic heterocycles. The summed E-state index contributed by atoms with van der Waals surface area (Å²) in [5, 5.41) is 4.43. The van der Waals surface area contributed by atoms with E-state index in [1.807, 2.05) is 10.6 Å². The molecule has 0 radical (unpaired) electrons. The maximum atomic E-state index is 4.70. The summed E-state index contributed by atoms with van der Waals surface area (Å²) in [6, 6.07) is 12.5. The van der Waals surface area contributed by atoms with Crippen molar-refractivity contribution in [2.75, 3.05) is 18.0 Å². The van der Waals surface area contributed by atoms with Crippen LogP contribution in [0.25, 0.3) is 17.0 Å². The minimum absolute atomic E-state index is 0.683. The van der Waals surface area contributed by atoms with Crippen molar-refractivity contribution in [1.29, 1.82) is 0 Å². The Bertz CT molecular complexity index is 835. The van der Waals surface area contributed by atoms with Crippen LogP contribution in [0.1, 0.15) is 25.7 Å². The summed E-state index contributed by atoms with van der Waals surface area (Å²) in [6.07, 6.45) is 7.04. The normalized spacial score (nSPS) is 17.3. The van der Waals surface area contributed by atoms with Gasteiger partial charge < -0.3 is 4.90 Å². The van der Waals surface area contributed by atoms with Gasteiger partial charge in [0.2, 0.25) is 0 Å². The van der Waals surface area contributed by atoms with Gasteiger partial charge in [-0.1, -0.05) is 30.3 Å². The topological polar surface area (TPSA) is 46.3 Å². The van der Waals surface area contributed by atoms with E-state index in [-0.39, 0.29) is 0 Å². The van der Waals surface area contributed by atoms with Gasteiger partial charge >= 0.3 is 0 Å². The van der Waals surface area contributed by atoms with Crippen LogP contribution < -0.4 is 4.90 Å². The van der Waals surface area contributed by atoms with Crippen molar-refractivity contribution >= 4 is 11.6 Å². The molecule has 5 nitrogen and oxygen atoms in total. The molecule has 5 rings (SSSR count). The summed E-state index contributed by atoms with van der Waals surface area (Å²) in [5.74, 6) is 3.50. The average Bonchev–Trinajstić information content (AvgIpc) is 3.55. The van der Waals surface area contributed by atoms with E-state index < -0.39 is 0 Å². The highest BCUT2D eigenvalue weighted by Crippen LogP contribution is 2.36. The summed E-state index contributed by atoms with van der Waals surface area (Å²) in [7, 11) is 0. The van der Waals surface area contributed by atoms with E-state index in [4.69, 9.17) is 4.98 Å². The quantitative estimate of drug-likeness (QED) is 0.698. The fourth-order valence-corrected chi connectivity index (χ4v) is 3.26. The second-order valence-electron chi connectivity index (χ2n) is 7.13. The molecule has 2 aliphatic rings. The van der Waals surface area contributed by atoms with E-state index in [0.717, 1.165) is 42.0 Å². The van der Waals surface area contributed by atoms with Gasteiger partial charge in [0, 0.05) is 24.7 Å². The molecule has 3 aromatic rings. The first-order valence-corrected chi connectivity index (χ1v) is 8.88. The standard InChI is InChI=1S/C19H21N5/c1-2-4-16(5-3-1)17-10-18(24-19(22-17)20-13-21-24)23(11-14-6-7-14)12-15-8-9-15/h1-5,10,13-15H,6-9,11-12H2. The predicted octanol–water partition coefficient (Wildman–Crippen LogP) is 3.42. The number of hydrogen-bond acceptors (Lipinski definition) is 4. The zero-order valence-electron chi connectivity index (χ0n) is 13.7. The van der Waals surface area contributed by atoms with Gasteiger partial charge in [-0.25, -0.2) is 4.98 Å². The molecule has 0 N–H and O–H groups in total. The Kier molecular flexibility index (Phi) is 3.25. The van der Waals surface area contributed by atoms with Crippen molar-refractivity contribution in [3.05, 3.63) is 42.7 Å². The molecule has 2 aliphatic carbocycles. The van der Waals surface area contributed by atoms with E-state index in [1.165, 1.54) is 25.7 Å². The SMILES string of the molecule is c1ccc(-c2cc(N(CC3CC3)CC3CC3)n3ncnc3n2)cc1. The number of nitrogens with zero attached hydrogens (tertiary/aromatic N) is 5. The fraction of sp³-hybridized carbons (Fsp3) is 0.421. The number of rotatable bonds is 6. The Morgan fingerprint density at radius 3 is 2.38 bits per heavy atom. The van der Waals surface area contributed by atoms with Crippen LogP contribution >= 0.6 is 0 Å². The van der Waals surface area contributed by atoms with Crippen LogP contribution in [0.4, 0.5) is 5.82 Å². The van der Waals surface area contributed by atoms with Crippen LogP contribution in [0.2, 0.25) is 0 Å². The molecule has 1 aromatic carbocycles. The third-order valence-corrected chi connectivity index (χ3v) is 4.98. The van der Waals surface area contributed by atoms with Crippen molar-refractivity contribution in [2.45, 2.75) is 25.7 Å². The molecule has 2 saturated carbocycles. The zero-order chi connectivity index (χ0) is 15.9. The molecule has 5 heteroatoms. The lowest BCUT2D eigenvalue weighted by molar-refractivity contribution is 0.660. The Labute approximate surface area is 141 Å². The zero-order valence-corrected chi connectivity index (χ0v) is 13.7. The lowest BCUT2D eigenvalue weighted by Gasteiger charge is -2.25. The number of hydrogen-bond donors (Lipinski definition) is 0. The van der Waals surface area contributed by atoms with Gasteiger partial charge in [-0.2, -0.15) is 14.6 Å². The van der Waals surface area contributed by atoms with Crippen molar-refractivity contribution in [3.63, 3.8) is 0 Å². The highest BCUT2D eigenvalue weighted by atomic mass is 15.4. The lowest BCUT2D eigenvalue weighted by atomic mass is 10.1. The highest BCUT2D eigenvalue weighted by molar-refractivity contribution is 5.65. The second-order valence-corrected chi connectivity index (χ2v) is 7.13. The van der Waals surface area contributed by atoms with Gasteiger partial charge in [-0.15, -0.1) is 0 Å².